The van der Waals surface area contributed by atoms with Crippen molar-refractivity contribution in [2.24, 2.45) is 0 Å². The molecular weight excluding hydrogens is 190 g/mol. The summed E-state index contributed by atoms with van der Waals surface area (Å²) in [6.45, 7) is 2.34. The first-order chi connectivity index (χ1) is 7.16. The molecule has 3 nitrogen and oxygen atoms in total. The first kappa shape index (κ1) is 9.65. The van der Waals surface area contributed by atoms with E-state index < -0.39 is 0 Å². The van der Waals surface area contributed by atoms with Gasteiger partial charge in [0.25, 0.3) is 11.8 Å². The Morgan fingerprint density at radius 3 is 2.40 bits per heavy atom. The molecule has 0 fully saturated rings. The van der Waals surface area contributed by atoms with E-state index in [1.165, 1.54) is 17.1 Å². The lowest BCUT2D eigenvalue weighted by Gasteiger charge is -2.13. The third-order valence-corrected chi connectivity index (χ3v) is 2.32. The maximum absolute atomic E-state index is 11.3. The molecule has 0 N–H and O–H groups in total. The first-order valence-corrected chi connectivity index (χ1v) is 4.76. The Labute approximate surface area is 88.0 Å². The molecule has 0 spiro atoms. The SMILES string of the molecule is Cc1cccc(CN2C(=O)C=CC2=O)c1. The van der Waals surface area contributed by atoms with Crippen LogP contribution in [0.3, 0.4) is 0 Å². The topological polar surface area (TPSA) is 37.4 Å². The van der Waals surface area contributed by atoms with E-state index in [4.69, 9.17) is 0 Å². The second-order valence-electron chi connectivity index (χ2n) is 3.59. The quantitative estimate of drug-likeness (QED) is 0.678. The van der Waals surface area contributed by atoms with Crippen molar-refractivity contribution in [1.82, 2.24) is 4.90 Å². The summed E-state index contributed by atoms with van der Waals surface area (Å²) in [5.41, 5.74) is 2.10. The largest absolute Gasteiger partial charge is 0.271 e. The van der Waals surface area contributed by atoms with Crippen molar-refractivity contribution < 1.29 is 9.59 Å². The molecule has 2 amide bonds. The molecular formula is C12H11NO2. The summed E-state index contributed by atoms with van der Waals surface area (Å²) in [5, 5.41) is 0. The fraction of sp³-hybridized carbons (Fsp3) is 0.167. The highest BCUT2D eigenvalue weighted by Crippen LogP contribution is 2.11. The Morgan fingerprint density at radius 1 is 1.13 bits per heavy atom. The first-order valence-electron chi connectivity index (χ1n) is 4.76. The van der Waals surface area contributed by atoms with Crippen LogP contribution in [0.2, 0.25) is 0 Å². The Hall–Kier alpha value is -1.90. The zero-order valence-electron chi connectivity index (χ0n) is 8.43. The van der Waals surface area contributed by atoms with Gasteiger partial charge in [0.05, 0.1) is 6.54 Å². The maximum Gasteiger partial charge on any atom is 0.253 e. The molecule has 0 atom stereocenters. The molecule has 0 radical (unpaired) electrons. The predicted molar refractivity (Wildman–Crippen MR) is 55.9 cm³/mol. The molecule has 0 aromatic heterocycles. The zero-order chi connectivity index (χ0) is 10.8. The Balaban J connectivity index is 2.16. The molecule has 3 heteroatoms. The van der Waals surface area contributed by atoms with Crippen molar-refractivity contribution in [3.8, 4) is 0 Å². The lowest BCUT2D eigenvalue weighted by atomic mass is 10.1. The van der Waals surface area contributed by atoms with Gasteiger partial charge in [-0.2, -0.15) is 0 Å². The van der Waals surface area contributed by atoms with Crippen molar-refractivity contribution in [1.29, 1.82) is 0 Å². The second kappa shape index (κ2) is 3.69. The standard InChI is InChI=1S/C12H11NO2/c1-9-3-2-4-10(7-9)8-13-11(14)5-6-12(13)15/h2-7H,8H2,1H3. The minimum absolute atomic E-state index is 0.235. The van der Waals surface area contributed by atoms with E-state index in [-0.39, 0.29) is 11.8 Å². The van der Waals surface area contributed by atoms with E-state index in [0.29, 0.717) is 6.54 Å². The number of aryl methyl sites for hydroxylation is 1. The van der Waals surface area contributed by atoms with Crippen molar-refractivity contribution in [3.05, 3.63) is 47.5 Å². The number of hydrogen-bond donors (Lipinski definition) is 0. The summed E-state index contributed by atoms with van der Waals surface area (Å²) in [4.78, 5) is 23.8. The van der Waals surface area contributed by atoms with Crippen LogP contribution in [0.25, 0.3) is 0 Å². The highest BCUT2D eigenvalue weighted by molar-refractivity contribution is 6.12. The summed E-state index contributed by atoms with van der Waals surface area (Å²) in [7, 11) is 0. The summed E-state index contributed by atoms with van der Waals surface area (Å²) >= 11 is 0. The zero-order valence-corrected chi connectivity index (χ0v) is 8.43. The van der Waals surface area contributed by atoms with Crippen molar-refractivity contribution in [2.45, 2.75) is 13.5 Å². The number of imide groups is 1. The van der Waals surface area contributed by atoms with Crippen LogP contribution in [0.1, 0.15) is 11.1 Å². The lowest BCUT2D eigenvalue weighted by molar-refractivity contribution is -0.137. The molecule has 1 aliphatic rings. The number of carbonyl (C=O) groups is 2. The van der Waals surface area contributed by atoms with E-state index >= 15 is 0 Å². The molecule has 0 aliphatic carbocycles. The molecule has 1 aromatic carbocycles. The highest BCUT2D eigenvalue weighted by atomic mass is 16.2. The van der Waals surface area contributed by atoms with Gasteiger partial charge in [0.15, 0.2) is 0 Å². The third-order valence-electron chi connectivity index (χ3n) is 2.32. The van der Waals surface area contributed by atoms with Gasteiger partial charge in [0, 0.05) is 12.2 Å². The van der Waals surface area contributed by atoms with Crippen LogP contribution in [-0.2, 0) is 16.1 Å². The number of hydrogen-bond acceptors (Lipinski definition) is 2. The monoisotopic (exact) mass is 201 g/mol. The van der Waals surface area contributed by atoms with Crippen LogP contribution in [0.5, 0.6) is 0 Å². The van der Waals surface area contributed by atoms with Crippen LogP contribution < -0.4 is 0 Å². The Morgan fingerprint density at radius 2 is 1.80 bits per heavy atom. The molecule has 0 saturated carbocycles. The number of carbonyl (C=O) groups excluding carboxylic acids is 2. The summed E-state index contributed by atoms with van der Waals surface area (Å²) in [5.74, 6) is -0.469. The smallest absolute Gasteiger partial charge is 0.253 e. The molecule has 0 bridgehead atoms. The van der Waals surface area contributed by atoms with Gasteiger partial charge in [-0.25, -0.2) is 0 Å². The van der Waals surface area contributed by atoms with Gasteiger partial charge < -0.3 is 0 Å². The van der Waals surface area contributed by atoms with Crippen molar-refractivity contribution >= 4 is 11.8 Å². The van der Waals surface area contributed by atoms with Gasteiger partial charge in [0.1, 0.15) is 0 Å². The van der Waals surface area contributed by atoms with Gasteiger partial charge in [-0.15, -0.1) is 0 Å². The van der Waals surface area contributed by atoms with Gasteiger partial charge in [-0.1, -0.05) is 29.8 Å². The van der Waals surface area contributed by atoms with Gasteiger partial charge >= 0.3 is 0 Å². The highest BCUT2D eigenvalue weighted by Gasteiger charge is 2.22. The van der Waals surface area contributed by atoms with Crippen LogP contribution >= 0.6 is 0 Å². The number of nitrogens with zero attached hydrogens (tertiary/aromatic N) is 1. The van der Waals surface area contributed by atoms with E-state index in [9.17, 15) is 9.59 Å². The minimum atomic E-state index is -0.235. The Kier molecular flexibility index (Phi) is 2.37. The number of amides is 2. The summed E-state index contributed by atoms with van der Waals surface area (Å²) in [6.07, 6.45) is 2.61. The molecule has 0 unspecified atom stereocenters. The Bertz CT molecular complexity index is 431. The molecule has 1 aliphatic heterocycles. The van der Waals surface area contributed by atoms with E-state index in [2.05, 4.69) is 0 Å². The van der Waals surface area contributed by atoms with E-state index in [0.717, 1.165) is 11.1 Å². The number of rotatable bonds is 2. The predicted octanol–water partition coefficient (Wildman–Crippen LogP) is 1.42. The molecule has 0 saturated heterocycles. The van der Waals surface area contributed by atoms with Crippen molar-refractivity contribution in [3.63, 3.8) is 0 Å². The third kappa shape index (κ3) is 1.96. The van der Waals surface area contributed by atoms with Crippen LogP contribution in [0.4, 0.5) is 0 Å². The molecule has 2 rings (SSSR count). The summed E-state index contributed by atoms with van der Waals surface area (Å²) < 4.78 is 0. The van der Waals surface area contributed by atoms with Gasteiger partial charge in [-0.3, -0.25) is 14.5 Å². The minimum Gasteiger partial charge on any atom is -0.271 e. The van der Waals surface area contributed by atoms with E-state index in [1.807, 2.05) is 31.2 Å². The summed E-state index contributed by atoms with van der Waals surface area (Å²) in [6, 6.07) is 7.78. The van der Waals surface area contributed by atoms with Gasteiger partial charge in [0.2, 0.25) is 0 Å². The van der Waals surface area contributed by atoms with Crippen LogP contribution in [0, 0.1) is 6.92 Å². The normalized spacial score (nSPS) is 15.1. The molecule has 15 heavy (non-hydrogen) atoms. The van der Waals surface area contributed by atoms with Crippen LogP contribution in [0.15, 0.2) is 36.4 Å². The molecule has 76 valence electrons. The molecule has 1 heterocycles. The lowest BCUT2D eigenvalue weighted by Crippen LogP contribution is -2.29. The second-order valence-corrected chi connectivity index (χ2v) is 3.59. The van der Waals surface area contributed by atoms with Crippen molar-refractivity contribution in [2.75, 3.05) is 0 Å². The molecule has 1 aromatic rings. The fourth-order valence-corrected chi connectivity index (χ4v) is 1.58. The van der Waals surface area contributed by atoms with Gasteiger partial charge in [-0.05, 0) is 12.5 Å². The number of benzene rings is 1. The maximum atomic E-state index is 11.3. The fourth-order valence-electron chi connectivity index (χ4n) is 1.58. The average molecular weight is 201 g/mol. The van der Waals surface area contributed by atoms with E-state index in [1.54, 1.807) is 0 Å². The van der Waals surface area contributed by atoms with Crippen LogP contribution in [-0.4, -0.2) is 16.7 Å². The average Bonchev–Trinajstić information content (AvgIpc) is 2.50.